The number of thiocarbonyl (C=S) groups is 1. The van der Waals surface area contributed by atoms with Crippen molar-refractivity contribution in [2.75, 3.05) is 51.3 Å². The number of hydrogen-bond donors (Lipinski definition) is 0. The van der Waals surface area contributed by atoms with Crippen LogP contribution in [0.15, 0.2) is 41.4 Å². The Morgan fingerprint density at radius 3 is 2.60 bits per heavy atom. The molecule has 2 fully saturated rings. The van der Waals surface area contributed by atoms with E-state index in [0.29, 0.717) is 17.5 Å². The van der Waals surface area contributed by atoms with E-state index in [1.165, 1.54) is 17.4 Å². The molecular formula is C18H23N3O2S2. The Morgan fingerprint density at radius 2 is 1.92 bits per heavy atom. The van der Waals surface area contributed by atoms with Gasteiger partial charge in [-0.3, -0.25) is 9.69 Å². The summed E-state index contributed by atoms with van der Waals surface area (Å²) in [6.45, 7) is 4.98. The number of benzene rings is 1. The van der Waals surface area contributed by atoms with Crippen LogP contribution in [0.1, 0.15) is 6.42 Å². The zero-order valence-corrected chi connectivity index (χ0v) is 16.0. The van der Waals surface area contributed by atoms with E-state index in [1.54, 1.807) is 12.0 Å². The van der Waals surface area contributed by atoms with E-state index in [0.717, 1.165) is 37.5 Å². The largest absolute Gasteiger partial charge is 0.385 e. The van der Waals surface area contributed by atoms with E-state index in [2.05, 4.69) is 34.1 Å². The van der Waals surface area contributed by atoms with Crippen LogP contribution < -0.4 is 4.90 Å². The molecule has 2 aliphatic heterocycles. The number of anilines is 1. The molecule has 25 heavy (non-hydrogen) atoms. The number of thioether (sulfide) groups is 1. The summed E-state index contributed by atoms with van der Waals surface area (Å²) in [6.07, 6.45) is 2.78. The average molecular weight is 378 g/mol. The van der Waals surface area contributed by atoms with Crippen molar-refractivity contribution in [3.63, 3.8) is 0 Å². The van der Waals surface area contributed by atoms with Crippen LogP contribution in [-0.4, -0.2) is 66.5 Å². The molecule has 1 aromatic carbocycles. The Hall–Kier alpha value is -1.57. The van der Waals surface area contributed by atoms with Gasteiger partial charge in [0.2, 0.25) is 0 Å². The lowest BCUT2D eigenvalue weighted by Gasteiger charge is -2.35. The lowest BCUT2D eigenvalue weighted by molar-refractivity contribution is -0.122. The van der Waals surface area contributed by atoms with Crippen molar-refractivity contribution in [2.24, 2.45) is 0 Å². The van der Waals surface area contributed by atoms with Crippen molar-refractivity contribution in [3.8, 4) is 0 Å². The summed E-state index contributed by atoms with van der Waals surface area (Å²) in [5, 5.41) is 0. The van der Waals surface area contributed by atoms with Crippen LogP contribution in [-0.2, 0) is 9.53 Å². The van der Waals surface area contributed by atoms with Gasteiger partial charge in [-0.25, -0.2) is 0 Å². The van der Waals surface area contributed by atoms with Crippen molar-refractivity contribution < 1.29 is 9.53 Å². The molecule has 134 valence electrons. The molecule has 2 heterocycles. The molecule has 0 aliphatic carbocycles. The molecule has 3 rings (SSSR count). The highest BCUT2D eigenvalue weighted by Crippen LogP contribution is 2.31. The maximum atomic E-state index is 12.5. The zero-order valence-electron chi connectivity index (χ0n) is 14.4. The van der Waals surface area contributed by atoms with Crippen LogP contribution in [0.5, 0.6) is 0 Å². The molecule has 0 N–H and O–H groups in total. The molecule has 0 spiro atoms. The summed E-state index contributed by atoms with van der Waals surface area (Å²) in [6, 6.07) is 10.4. The first kappa shape index (κ1) is 18.2. The van der Waals surface area contributed by atoms with Crippen molar-refractivity contribution >= 4 is 39.9 Å². The fraction of sp³-hybridized carbons (Fsp3) is 0.444. The van der Waals surface area contributed by atoms with Gasteiger partial charge in [0.25, 0.3) is 5.91 Å². The summed E-state index contributed by atoms with van der Waals surface area (Å²) in [5.41, 5.74) is 1.26. The van der Waals surface area contributed by atoms with Crippen LogP contribution in [0.2, 0.25) is 0 Å². The Bertz CT molecular complexity index is 643. The topological polar surface area (TPSA) is 36.0 Å². The van der Waals surface area contributed by atoms with Crippen molar-refractivity contribution in [3.05, 3.63) is 41.4 Å². The van der Waals surface area contributed by atoms with Crippen molar-refractivity contribution in [2.45, 2.75) is 6.42 Å². The number of methoxy groups -OCH3 is 1. The standard InChI is InChI=1S/C18H23N3O2S2/c1-23-13-5-8-21-17(22)16(25-18(21)24)14-19-9-11-20(12-10-19)15-6-3-2-4-7-15/h2-4,6-7,14H,5,8-13H2,1H3/b16-14-. The highest BCUT2D eigenvalue weighted by atomic mass is 32.2. The second-order valence-electron chi connectivity index (χ2n) is 6.02. The lowest BCUT2D eigenvalue weighted by Crippen LogP contribution is -2.44. The molecule has 5 nitrogen and oxygen atoms in total. The maximum Gasteiger partial charge on any atom is 0.267 e. The number of para-hydroxylation sites is 1. The Morgan fingerprint density at radius 1 is 1.20 bits per heavy atom. The average Bonchev–Trinajstić information content (AvgIpc) is 2.90. The Labute approximate surface area is 158 Å². The monoisotopic (exact) mass is 377 g/mol. The Kier molecular flexibility index (Phi) is 6.34. The van der Waals surface area contributed by atoms with E-state index in [1.807, 2.05) is 12.3 Å². The van der Waals surface area contributed by atoms with Crippen LogP contribution in [0, 0.1) is 0 Å². The molecule has 0 aromatic heterocycles. The summed E-state index contributed by atoms with van der Waals surface area (Å²) in [7, 11) is 1.67. The van der Waals surface area contributed by atoms with E-state index in [-0.39, 0.29) is 5.91 Å². The maximum absolute atomic E-state index is 12.5. The number of amides is 1. The smallest absolute Gasteiger partial charge is 0.267 e. The van der Waals surface area contributed by atoms with Crippen LogP contribution >= 0.6 is 24.0 Å². The van der Waals surface area contributed by atoms with Gasteiger partial charge in [0, 0.05) is 58.3 Å². The molecule has 0 unspecified atom stereocenters. The normalized spacial score (nSPS) is 20.0. The van der Waals surface area contributed by atoms with Gasteiger partial charge < -0.3 is 14.5 Å². The molecule has 0 atom stereocenters. The van der Waals surface area contributed by atoms with Gasteiger partial charge in [-0.15, -0.1) is 0 Å². The van der Waals surface area contributed by atoms with Gasteiger partial charge in [-0.2, -0.15) is 0 Å². The Balaban J connectivity index is 1.55. The first-order chi connectivity index (χ1) is 12.2. The molecule has 2 saturated heterocycles. The molecule has 0 saturated carbocycles. The molecule has 0 bridgehead atoms. The highest BCUT2D eigenvalue weighted by molar-refractivity contribution is 8.26. The minimum atomic E-state index is 0.0246. The molecule has 2 aliphatic rings. The van der Waals surface area contributed by atoms with Crippen LogP contribution in [0.3, 0.4) is 0 Å². The number of hydrogen-bond acceptors (Lipinski definition) is 6. The SMILES string of the molecule is COCCCN1C(=O)/C(=C/N2CCN(c3ccccc3)CC2)SC1=S. The minimum absolute atomic E-state index is 0.0246. The first-order valence-corrected chi connectivity index (χ1v) is 9.70. The third-order valence-electron chi connectivity index (χ3n) is 4.34. The minimum Gasteiger partial charge on any atom is -0.385 e. The molecule has 7 heteroatoms. The van der Waals surface area contributed by atoms with E-state index < -0.39 is 0 Å². The molecule has 0 radical (unpaired) electrons. The summed E-state index contributed by atoms with van der Waals surface area (Å²) in [4.78, 5) is 19.6. The van der Waals surface area contributed by atoms with Crippen molar-refractivity contribution in [1.82, 2.24) is 9.80 Å². The van der Waals surface area contributed by atoms with Gasteiger partial charge in [-0.05, 0) is 18.6 Å². The molecular weight excluding hydrogens is 354 g/mol. The number of carbonyl (C=O) groups is 1. The lowest BCUT2D eigenvalue weighted by atomic mass is 10.2. The number of nitrogens with zero attached hydrogens (tertiary/aromatic N) is 3. The van der Waals surface area contributed by atoms with Gasteiger partial charge >= 0.3 is 0 Å². The van der Waals surface area contributed by atoms with Gasteiger partial charge in [0.05, 0.1) is 4.91 Å². The van der Waals surface area contributed by atoms with Crippen LogP contribution in [0.25, 0.3) is 0 Å². The third kappa shape index (κ3) is 4.54. The quantitative estimate of drug-likeness (QED) is 0.431. The predicted molar refractivity (Wildman–Crippen MR) is 107 cm³/mol. The van der Waals surface area contributed by atoms with E-state index in [4.69, 9.17) is 17.0 Å². The fourth-order valence-corrected chi connectivity index (χ4v) is 4.28. The number of rotatable bonds is 6. The number of piperazine rings is 1. The van der Waals surface area contributed by atoms with Crippen molar-refractivity contribution in [1.29, 1.82) is 0 Å². The van der Waals surface area contributed by atoms with E-state index in [9.17, 15) is 4.79 Å². The van der Waals surface area contributed by atoms with Gasteiger partial charge in [0.1, 0.15) is 4.32 Å². The highest BCUT2D eigenvalue weighted by Gasteiger charge is 2.32. The second-order valence-corrected chi connectivity index (χ2v) is 7.70. The zero-order chi connectivity index (χ0) is 17.6. The predicted octanol–water partition coefficient (Wildman–Crippen LogP) is 2.55. The third-order valence-corrected chi connectivity index (χ3v) is 5.70. The summed E-state index contributed by atoms with van der Waals surface area (Å²) >= 11 is 6.76. The van der Waals surface area contributed by atoms with Gasteiger partial charge in [0.15, 0.2) is 0 Å². The summed E-state index contributed by atoms with van der Waals surface area (Å²) in [5.74, 6) is 0.0246. The molecule has 1 aromatic rings. The molecule has 1 amide bonds. The second kappa shape index (κ2) is 8.69. The number of ether oxygens (including phenoxy) is 1. The van der Waals surface area contributed by atoms with Gasteiger partial charge in [-0.1, -0.05) is 42.2 Å². The van der Waals surface area contributed by atoms with E-state index >= 15 is 0 Å². The van der Waals surface area contributed by atoms with Crippen LogP contribution in [0.4, 0.5) is 5.69 Å². The fourth-order valence-electron chi connectivity index (χ4n) is 2.96. The first-order valence-electron chi connectivity index (χ1n) is 8.47. The number of carbonyl (C=O) groups excluding carboxylic acids is 1. The summed E-state index contributed by atoms with van der Waals surface area (Å²) < 4.78 is 5.70.